The zero-order valence-electron chi connectivity index (χ0n) is 13.0. The molecule has 1 aromatic heterocycles. The zero-order valence-corrected chi connectivity index (χ0v) is 13.8. The van der Waals surface area contributed by atoms with Crippen molar-refractivity contribution in [3.63, 3.8) is 0 Å². The second-order valence-electron chi connectivity index (χ2n) is 5.12. The number of amides is 1. The number of halogens is 2. The van der Waals surface area contributed by atoms with E-state index in [9.17, 15) is 18.4 Å². The third-order valence-corrected chi connectivity index (χ3v) is 4.42. The first kappa shape index (κ1) is 17.6. The van der Waals surface area contributed by atoms with Crippen LogP contribution in [0.3, 0.4) is 0 Å². The molecule has 0 unspecified atom stereocenters. The van der Waals surface area contributed by atoms with Crippen molar-refractivity contribution in [1.82, 2.24) is 0 Å². The summed E-state index contributed by atoms with van der Waals surface area (Å²) in [5, 5.41) is 11.2. The number of nitrogens with one attached hydrogen (secondary N) is 1. The number of hydrogen-bond donors (Lipinski definition) is 2. The Labute approximate surface area is 150 Å². The second kappa shape index (κ2) is 7.32. The highest BCUT2D eigenvalue weighted by Gasteiger charge is 2.19. The Morgan fingerprint density at radius 3 is 2.42 bits per heavy atom. The highest BCUT2D eigenvalue weighted by Crippen LogP contribution is 2.41. The highest BCUT2D eigenvalue weighted by atomic mass is 32.1. The van der Waals surface area contributed by atoms with Crippen LogP contribution in [-0.4, -0.2) is 17.2 Å². The first-order chi connectivity index (χ1) is 12.4. The molecule has 0 radical (unpaired) electrons. The van der Waals surface area contributed by atoms with Crippen molar-refractivity contribution in [2.75, 3.05) is 5.32 Å². The van der Waals surface area contributed by atoms with E-state index < -0.39 is 23.7 Å². The van der Waals surface area contributed by atoms with E-state index in [0.29, 0.717) is 10.9 Å². The molecule has 26 heavy (non-hydrogen) atoms. The first-order valence-corrected chi connectivity index (χ1v) is 8.12. The first-order valence-electron chi connectivity index (χ1n) is 7.30. The van der Waals surface area contributed by atoms with Crippen LogP contribution < -0.4 is 10.1 Å². The minimum absolute atomic E-state index is 0.0628. The molecule has 2 aromatic carbocycles. The van der Waals surface area contributed by atoms with Gasteiger partial charge in [0.05, 0.1) is 11.3 Å². The molecule has 3 rings (SSSR count). The van der Waals surface area contributed by atoms with Gasteiger partial charge in [-0.15, -0.1) is 0 Å². The Morgan fingerprint density at radius 1 is 1.04 bits per heavy atom. The minimum atomic E-state index is -1.55. The van der Waals surface area contributed by atoms with Crippen LogP contribution in [0.1, 0.15) is 10.4 Å². The maximum Gasteiger partial charge on any atom is 0.512 e. The summed E-state index contributed by atoms with van der Waals surface area (Å²) in [6, 6.07) is 13.1. The van der Waals surface area contributed by atoms with Gasteiger partial charge in [-0.2, -0.15) is 0 Å². The Balaban J connectivity index is 1.93. The summed E-state index contributed by atoms with van der Waals surface area (Å²) >= 11 is 1.01. The number of anilines is 1. The van der Waals surface area contributed by atoms with Gasteiger partial charge in [0.1, 0.15) is 11.6 Å². The van der Waals surface area contributed by atoms with Crippen molar-refractivity contribution in [1.29, 1.82) is 0 Å². The summed E-state index contributed by atoms with van der Waals surface area (Å²) in [5.74, 6) is -2.69. The van der Waals surface area contributed by atoms with E-state index in [4.69, 9.17) is 9.84 Å². The number of carbonyl (C=O) groups is 2. The number of benzene rings is 2. The van der Waals surface area contributed by atoms with Crippen molar-refractivity contribution < 1.29 is 28.2 Å². The molecule has 0 bridgehead atoms. The van der Waals surface area contributed by atoms with E-state index in [1.807, 2.05) is 18.2 Å². The summed E-state index contributed by atoms with van der Waals surface area (Å²) in [7, 11) is 0. The molecule has 0 spiro atoms. The molecule has 1 amide bonds. The molecule has 2 N–H and O–H groups in total. The van der Waals surface area contributed by atoms with Gasteiger partial charge in [0.25, 0.3) is 5.91 Å². The number of hydrogen-bond acceptors (Lipinski definition) is 4. The fourth-order valence-electron chi connectivity index (χ4n) is 2.22. The van der Waals surface area contributed by atoms with Gasteiger partial charge >= 0.3 is 6.16 Å². The number of rotatable bonds is 4. The molecule has 1 heterocycles. The van der Waals surface area contributed by atoms with Crippen LogP contribution >= 0.6 is 11.3 Å². The van der Waals surface area contributed by atoms with Crippen LogP contribution in [0.5, 0.6) is 5.06 Å². The molecule has 0 saturated carbocycles. The van der Waals surface area contributed by atoms with Crippen LogP contribution in [-0.2, 0) is 0 Å². The van der Waals surface area contributed by atoms with E-state index in [0.717, 1.165) is 29.0 Å². The topological polar surface area (TPSA) is 75.6 Å². The Hall–Kier alpha value is -3.26. The lowest BCUT2D eigenvalue weighted by Crippen LogP contribution is -2.14. The van der Waals surface area contributed by atoms with Gasteiger partial charge < -0.3 is 15.2 Å². The molecule has 0 saturated heterocycles. The number of carboxylic acid groups (broad SMARTS) is 1. The molecular weight excluding hydrogens is 364 g/mol. The molecule has 0 fully saturated rings. The van der Waals surface area contributed by atoms with E-state index >= 15 is 0 Å². The highest BCUT2D eigenvalue weighted by molar-refractivity contribution is 7.18. The van der Waals surface area contributed by atoms with E-state index in [-0.39, 0.29) is 16.3 Å². The van der Waals surface area contributed by atoms with Gasteiger partial charge in [-0.05, 0) is 23.8 Å². The van der Waals surface area contributed by atoms with Crippen molar-refractivity contribution in [3.05, 3.63) is 71.8 Å². The molecule has 8 heteroatoms. The predicted octanol–water partition coefficient (Wildman–Crippen LogP) is 5.00. The molecule has 0 aliphatic heterocycles. The van der Waals surface area contributed by atoms with Crippen LogP contribution in [0.15, 0.2) is 54.6 Å². The third kappa shape index (κ3) is 3.86. The van der Waals surface area contributed by atoms with Crippen molar-refractivity contribution in [2.24, 2.45) is 0 Å². The number of thiophene rings is 1. The van der Waals surface area contributed by atoms with Crippen molar-refractivity contribution in [3.8, 4) is 15.5 Å². The maximum atomic E-state index is 13.8. The van der Waals surface area contributed by atoms with E-state index in [1.165, 1.54) is 6.07 Å². The number of ether oxygens (including phenoxy) is 1. The van der Waals surface area contributed by atoms with Gasteiger partial charge in [-0.1, -0.05) is 41.7 Å². The van der Waals surface area contributed by atoms with Crippen LogP contribution in [0.4, 0.5) is 19.3 Å². The largest absolute Gasteiger partial charge is 0.512 e. The Morgan fingerprint density at radius 2 is 1.77 bits per heavy atom. The molecule has 5 nitrogen and oxygen atoms in total. The van der Waals surface area contributed by atoms with Gasteiger partial charge in [0.15, 0.2) is 0 Å². The molecule has 0 aliphatic rings. The van der Waals surface area contributed by atoms with E-state index in [2.05, 4.69) is 5.32 Å². The maximum absolute atomic E-state index is 13.8. The summed E-state index contributed by atoms with van der Waals surface area (Å²) in [6.07, 6.45) is -1.55. The fraction of sp³-hybridized carbons (Fsp3) is 0. The van der Waals surface area contributed by atoms with Gasteiger partial charge in [0, 0.05) is 10.9 Å². The van der Waals surface area contributed by atoms with Crippen molar-refractivity contribution >= 4 is 29.1 Å². The Bertz CT molecular complexity index is 973. The van der Waals surface area contributed by atoms with Crippen LogP contribution in [0, 0.1) is 11.6 Å². The SMILES string of the molecule is O=C(O)Oc1sc(-c2ccccc2)cc1NC(=O)c1ccc(F)cc1F. The lowest BCUT2D eigenvalue weighted by atomic mass is 10.2. The van der Waals surface area contributed by atoms with Gasteiger partial charge in [-0.25, -0.2) is 13.6 Å². The Kier molecular flexibility index (Phi) is 4.94. The second-order valence-corrected chi connectivity index (χ2v) is 6.14. The summed E-state index contributed by atoms with van der Waals surface area (Å²) in [6.45, 7) is 0. The summed E-state index contributed by atoms with van der Waals surface area (Å²) in [4.78, 5) is 23.8. The lowest BCUT2D eigenvalue weighted by molar-refractivity contribution is 0.102. The summed E-state index contributed by atoms with van der Waals surface area (Å²) < 4.78 is 31.4. The average Bonchev–Trinajstić information content (AvgIpc) is 2.97. The lowest BCUT2D eigenvalue weighted by Gasteiger charge is -2.06. The molecule has 132 valence electrons. The van der Waals surface area contributed by atoms with Crippen molar-refractivity contribution in [2.45, 2.75) is 0 Å². The van der Waals surface area contributed by atoms with Gasteiger partial charge in [0.2, 0.25) is 5.06 Å². The molecular formula is C18H11F2NO4S. The van der Waals surface area contributed by atoms with Crippen LogP contribution in [0.2, 0.25) is 0 Å². The molecule has 3 aromatic rings. The normalized spacial score (nSPS) is 10.4. The zero-order chi connectivity index (χ0) is 18.7. The quantitative estimate of drug-likeness (QED) is 0.629. The molecule has 0 aliphatic carbocycles. The number of carbonyl (C=O) groups excluding carboxylic acids is 1. The fourth-order valence-corrected chi connectivity index (χ4v) is 3.19. The summed E-state index contributed by atoms with van der Waals surface area (Å²) in [5.41, 5.74) is 0.492. The standard InChI is InChI=1S/C18H11F2NO4S/c19-11-6-7-12(13(20)8-11)16(22)21-14-9-15(10-4-2-1-3-5-10)26-17(14)25-18(23)24/h1-9H,(H,21,22)(H,23,24). The minimum Gasteiger partial charge on any atom is -0.449 e. The predicted molar refractivity (Wildman–Crippen MR) is 92.7 cm³/mol. The third-order valence-electron chi connectivity index (χ3n) is 3.36. The van der Waals surface area contributed by atoms with Crippen LogP contribution in [0.25, 0.3) is 10.4 Å². The van der Waals surface area contributed by atoms with E-state index in [1.54, 1.807) is 12.1 Å². The monoisotopic (exact) mass is 375 g/mol. The van der Waals surface area contributed by atoms with Gasteiger partial charge in [-0.3, -0.25) is 4.79 Å². The molecule has 0 atom stereocenters. The smallest absolute Gasteiger partial charge is 0.449 e. The average molecular weight is 375 g/mol.